The maximum absolute atomic E-state index is 11.6. The van der Waals surface area contributed by atoms with E-state index in [9.17, 15) is 15.4 Å². The van der Waals surface area contributed by atoms with Gasteiger partial charge in [-0.15, -0.1) is 0 Å². The lowest BCUT2D eigenvalue weighted by molar-refractivity contribution is -0.384. The molecule has 0 unspecified atom stereocenters. The van der Waals surface area contributed by atoms with Crippen LogP contribution in [0.4, 0.5) is 17.1 Å². The summed E-state index contributed by atoms with van der Waals surface area (Å²) in [6, 6.07) is 5.44. The molecule has 134 valence electrons. The van der Waals surface area contributed by atoms with Crippen molar-refractivity contribution in [1.29, 1.82) is 5.26 Å². The van der Waals surface area contributed by atoms with Crippen molar-refractivity contribution in [3.8, 4) is 6.07 Å². The highest BCUT2D eigenvalue weighted by molar-refractivity contribution is 5.76. The predicted octanol–water partition coefficient (Wildman–Crippen LogP) is 1.92. The second kappa shape index (κ2) is 7.25. The Kier molecular flexibility index (Phi) is 5.06. The molecular weight excluding hydrogens is 324 g/mol. The molecule has 2 aliphatic rings. The Labute approximate surface area is 146 Å². The quantitative estimate of drug-likeness (QED) is 0.610. The zero-order chi connectivity index (χ0) is 18.0. The first-order valence-electron chi connectivity index (χ1n) is 8.45. The van der Waals surface area contributed by atoms with Crippen LogP contribution in [-0.4, -0.2) is 56.5 Å². The molecule has 25 heavy (non-hydrogen) atoms. The third-order valence-electron chi connectivity index (χ3n) is 4.57. The molecule has 0 amide bonds. The topological polar surface area (TPSA) is 91.9 Å². The van der Waals surface area contributed by atoms with Crippen molar-refractivity contribution in [1.82, 2.24) is 0 Å². The van der Waals surface area contributed by atoms with E-state index < -0.39 is 4.92 Å². The fraction of sp³-hybridized carbons (Fsp3) is 0.588. The van der Waals surface area contributed by atoms with Crippen molar-refractivity contribution >= 4 is 17.1 Å². The Hall–Kier alpha value is -2.37. The van der Waals surface area contributed by atoms with Crippen molar-refractivity contribution in [3.63, 3.8) is 0 Å². The fourth-order valence-electron chi connectivity index (χ4n) is 3.40. The van der Waals surface area contributed by atoms with E-state index in [1.807, 2.05) is 30.9 Å². The fourth-order valence-corrected chi connectivity index (χ4v) is 3.40. The Balaban J connectivity index is 2.05. The number of hydrogen-bond donors (Lipinski definition) is 0. The molecule has 0 saturated carbocycles. The van der Waals surface area contributed by atoms with Crippen LogP contribution in [0.15, 0.2) is 12.1 Å². The number of benzene rings is 1. The van der Waals surface area contributed by atoms with Gasteiger partial charge in [0.15, 0.2) is 0 Å². The average molecular weight is 346 g/mol. The molecule has 2 atom stereocenters. The van der Waals surface area contributed by atoms with Crippen LogP contribution in [0.1, 0.15) is 19.4 Å². The molecule has 0 bridgehead atoms. The summed E-state index contributed by atoms with van der Waals surface area (Å²) in [6.45, 7) is 7.58. The second-order valence-electron chi connectivity index (χ2n) is 6.48. The Morgan fingerprint density at radius 3 is 2.32 bits per heavy atom. The standard InChI is InChI=1S/C17H22N4O4/c1-12-10-19(3-5-24-12)15-7-14(9-18)17(21(22)23)16(8-15)20-4-6-25-13(2)11-20/h7-8,12-13H,3-6,10-11H2,1-2H3/t12-,13-/m0/s1. The van der Waals surface area contributed by atoms with Gasteiger partial charge in [0.1, 0.15) is 17.3 Å². The zero-order valence-corrected chi connectivity index (χ0v) is 14.5. The van der Waals surface area contributed by atoms with E-state index in [0.29, 0.717) is 45.1 Å². The maximum atomic E-state index is 11.6. The van der Waals surface area contributed by atoms with Gasteiger partial charge in [-0.25, -0.2) is 0 Å². The predicted molar refractivity (Wildman–Crippen MR) is 93.1 cm³/mol. The molecule has 1 aromatic carbocycles. The number of morpholine rings is 2. The van der Waals surface area contributed by atoms with Gasteiger partial charge in [-0.05, 0) is 26.0 Å². The molecular formula is C17H22N4O4. The van der Waals surface area contributed by atoms with Gasteiger partial charge in [0.05, 0.1) is 30.3 Å². The highest BCUT2D eigenvalue weighted by atomic mass is 16.6. The number of nitriles is 1. The first-order valence-corrected chi connectivity index (χ1v) is 8.45. The summed E-state index contributed by atoms with van der Waals surface area (Å²) in [5.74, 6) is 0. The molecule has 3 rings (SSSR count). The minimum Gasteiger partial charge on any atom is -0.375 e. The highest BCUT2D eigenvalue weighted by Crippen LogP contribution is 2.37. The third kappa shape index (κ3) is 3.67. The minimum atomic E-state index is -0.459. The van der Waals surface area contributed by atoms with Gasteiger partial charge in [0.25, 0.3) is 0 Å². The molecule has 0 radical (unpaired) electrons. The number of nitro groups is 1. The highest BCUT2D eigenvalue weighted by Gasteiger charge is 2.30. The summed E-state index contributed by atoms with van der Waals surface area (Å²) in [5, 5.41) is 21.1. The van der Waals surface area contributed by atoms with Gasteiger partial charge in [-0.3, -0.25) is 10.1 Å². The molecule has 0 aliphatic carbocycles. The number of anilines is 2. The van der Waals surface area contributed by atoms with E-state index in [1.165, 1.54) is 0 Å². The van der Waals surface area contributed by atoms with Crippen LogP contribution in [0.25, 0.3) is 0 Å². The van der Waals surface area contributed by atoms with E-state index >= 15 is 0 Å². The molecule has 0 aromatic heterocycles. The molecule has 1 aromatic rings. The van der Waals surface area contributed by atoms with E-state index in [4.69, 9.17) is 9.47 Å². The van der Waals surface area contributed by atoms with Crippen LogP contribution in [-0.2, 0) is 9.47 Å². The summed E-state index contributed by atoms with van der Waals surface area (Å²) in [4.78, 5) is 15.2. The molecule has 0 spiro atoms. The van der Waals surface area contributed by atoms with Crippen LogP contribution in [0.5, 0.6) is 0 Å². The largest absolute Gasteiger partial charge is 0.375 e. The van der Waals surface area contributed by atoms with Crippen molar-refractivity contribution in [2.75, 3.05) is 49.2 Å². The molecule has 8 heteroatoms. The lowest BCUT2D eigenvalue weighted by Crippen LogP contribution is -2.42. The first kappa shape index (κ1) is 17.5. The van der Waals surface area contributed by atoms with Gasteiger partial charge in [-0.2, -0.15) is 5.26 Å². The number of rotatable bonds is 3. The van der Waals surface area contributed by atoms with E-state index in [-0.39, 0.29) is 23.5 Å². The van der Waals surface area contributed by atoms with Gasteiger partial charge < -0.3 is 19.3 Å². The molecule has 2 heterocycles. The Morgan fingerprint density at radius 2 is 1.76 bits per heavy atom. The van der Waals surface area contributed by atoms with Gasteiger partial charge >= 0.3 is 5.69 Å². The smallest absolute Gasteiger partial charge is 0.310 e. The van der Waals surface area contributed by atoms with Crippen LogP contribution < -0.4 is 9.80 Å². The van der Waals surface area contributed by atoms with Crippen molar-refractivity contribution in [2.45, 2.75) is 26.1 Å². The van der Waals surface area contributed by atoms with Gasteiger partial charge in [0, 0.05) is 31.9 Å². The molecule has 2 saturated heterocycles. The summed E-state index contributed by atoms with van der Waals surface area (Å²) in [6.07, 6.45) is 0.0762. The van der Waals surface area contributed by atoms with Crippen LogP contribution >= 0.6 is 0 Å². The molecule has 8 nitrogen and oxygen atoms in total. The summed E-state index contributed by atoms with van der Waals surface area (Å²) < 4.78 is 11.1. The minimum absolute atomic E-state index is 0.00838. The molecule has 2 aliphatic heterocycles. The third-order valence-corrected chi connectivity index (χ3v) is 4.57. The van der Waals surface area contributed by atoms with E-state index in [2.05, 4.69) is 4.90 Å². The van der Waals surface area contributed by atoms with E-state index in [1.54, 1.807) is 6.07 Å². The monoisotopic (exact) mass is 346 g/mol. The summed E-state index contributed by atoms with van der Waals surface area (Å²) in [7, 11) is 0. The van der Waals surface area contributed by atoms with Gasteiger partial charge in [0.2, 0.25) is 0 Å². The lowest BCUT2D eigenvalue weighted by atomic mass is 10.1. The Morgan fingerprint density at radius 1 is 1.16 bits per heavy atom. The zero-order valence-electron chi connectivity index (χ0n) is 14.5. The number of nitrogens with zero attached hydrogens (tertiary/aromatic N) is 4. The van der Waals surface area contributed by atoms with Crippen LogP contribution in [0.3, 0.4) is 0 Å². The Bertz CT molecular complexity index is 703. The van der Waals surface area contributed by atoms with Gasteiger partial charge in [-0.1, -0.05) is 0 Å². The molecule has 0 N–H and O–H groups in total. The average Bonchev–Trinajstić information content (AvgIpc) is 2.60. The van der Waals surface area contributed by atoms with Crippen molar-refractivity contribution < 1.29 is 14.4 Å². The van der Waals surface area contributed by atoms with Crippen LogP contribution in [0.2, 0.25) is 0 Å². The number of nitro benzene ring substituents is 1. The first-order chi connectivity index (χ1) is 12.0. The lowest BCUT2D eigenvalue weighted by Gasteiger charge is -2.35. The van der Waals surface area contributed by atoms with Crippen molar-refractivity contribution in [3.05, 3.63) is 27.8 Å². The van der Waals surface area contributed by atoms with E-state index in [0.717, 1.165) is 5.69 Å². The number of ether oxygens (including phenoxy) is 2. The van der Waals surface area contributed by atoms with Crippen LogP contribution in [0, 0.1) is 21.4 Å². The maximum Gasteiger partial charge on any atom is 0.310 e. The normalized spacial score (nSPS) is 24.0. The SMILES string of the molecule is C[C@H]1CN(c2cc(C#N)c([N+](=O)[O-])c(N3CCO[C@@H](C)C3)c2)CCO1. The second-order valence-corrected chi connectivity index (χ2v) is 6.48. The number of hydrogen-bond acceptors (Lipinski definition) is 7. The summed E-state index contributed by atoms with van der Waals surface area (Å²) >= 11 is 0. The summed E-state index contributed by atoms with van der Waals surface area (Å²) in [5.41, 5.74) is 1.29. The molecule has 2 fully saturated rings. The van der Waals surface area contributed by atoms with Crippen molar-refractivity contribution in [2.24, 2.45) is 0 Å².